The van der Waals surface area contributed by atoms with Crippen molar-refractivity contribution in [2.45, 2.75) is 31.7 Å². The summed E-state index contributed by atoms with van der Waals surface area (Å²) in [5.41, 5.74) is 5.49. The van der Waals surface area contributed by atoms with Gasteiger partial charge in [-0.25, -0.2) is 8.78 Å². The fourth-order valence-corrected chi connectivity index (χ4v) is 2.25. The molecule has 1 aliphatic rings. The molecule has 3 N–H and O–H groups in total. The Balaban J connectivity index is 2.24. The number of halogens is 2. The Kier molecular flexibility index (Phi) is 3.57. The van der Waals surface area contributed by atoms with E-state index in [2.05, 4.69) is 5.32 Å². The van der Waals surface area contributed by atoms with Crippen LogP contribution in [0.3, 0.4) is 0 Å². The van der Waals surface area contributed by atoms with Gasteiger partial charge in [0.1, 0.15) is 22.3 Å². The summed E-state index contributed by atoms with van der Waals surface area (Å²) in [6.07, 6.45) is 4.11. The van der Waals surface area contributed by atoms with E-state index in [9.17, 15) is 8.78 Å². The molecule has 0 saturated heterocycles. The zero-order valence-electron chi connectivity index (χ0n) is 9.30. The molecule has 1 aromatic rings. The first-order valence-electron chi connectivity index (χ1n) is 5.63. The molecule has 5 heteroatoms. The predicted octanol–water partition coefficient (Wildman–Crippen LogP) is 2.95. The van der Waals surface area contributed by atoms with Crippen LogP contribution in [0.15, 0.2) is 12.1 Å². The SMILES string of the molecule is NC(=S)c1cc(F)c(NC2CCCC2)c(F)c1. The van der Waals surface area contributed by atoms with E-state index < -0.39 is 11.6 Å². The molecular formula is C12H14F2N2S. The van der Waals surface area contributed by atoms with Gasteiger partial charge in [-0.2, -0.15) is 0 Å². The van der Waals surface area contributed by atoms with Crippen LogP contribution >= 0.6 is 12.2 Å². The third-order valence-electron chi connectivity index (χ3n) is 3.03. The van der Waals surface area contributed by atoms with Crippen molar-refractivity contribution in [3.05, 3.63) is 29.3 Å². The van der Waals surface area contributed by atoms with Crippen LogP contribution < -0.4 is 11.1 Å². The molecule has 1 aromatic carbocycles. The highest BCUT2D eigenvalue weighted by Crippen LogP contribution is 2.26. The van der Waals surface area contributed by atoms with Gasteiger partial charge in [-0.15, -0.1) is 0 Å². The van der Waals surface area contributed by atoms with E-state index in [0.29, 0.717) is 0 Å². The van der Waals surface area contributed by atoms with Gasteiger partial charge >= 0.3 is 0 Å². The monoisotopic (exact) mass is 256 g/mol. The average molecular weight is 256 g/mol. The van der Waals surface area contributed by atoms with E-state index in [-0.39, 0.29) is 22.3 Å². The Morgan fingerprint density at radius 3 is 2.24 bits per heavy atom. The standard InChI is InChI=1S/C12H14F2N2S/c13-9-5-7(12(15)17)6-10(14)11(9)16-8-3-1-2-4-8/h5-6,8,16H,1-4H2,(H2,15,17). The van der Waals surface area contributed by atoms with Gasteiger partial charge in [0.25, 0.3) is 0 Å². The summed E-state index contributed by atoms with van der Waals surface area (Å²) in [6, 6.07) is 2.50. The molecule has 2 rings (SSSR count). The maximum absolute atomic E-state index is 13.7. The third kappa shape index (κ3) is 2.72. The van der Waals surface area contributed by atoms with Gasteiger partial charge < -0.3 is 11.1 Å². The van der Waals surface area contributed by atoms with Gasteiger partial charge in [0.2, 0.25) is 0 Å². The highest BCUT2D eigenvalue weighted by atomic mass is 32.1. The van der Waals surface area contributed by atoms with Crippen molar-refractivity contribution in [3.63, 3.8) is 0 Å². The van der Waals surface area contributed by atoms with Gasteiger partial charge in [-0.3, -0.25) is 0 Å². The first kappa shape index (κ1) is 12.2. The number of benzene rings is 1. The highest BCUT2D eigenvalue weighted by Gasteiger charge is 2.19. The predicted molar refractivity (Wildman–Crippen MR) is 68.1 cm³/mol. The quantitative estimate of drug-likeness (QED) is 0.817. The maximum atomic E-state index is 13.7. The molecule has 1 saturated carbocycles. The summed E-state index contributed by atoms with van der Waals surface area (Å²) >= 11 is 4.69. The van der Waals surface area contributed by atoms with Crippen LogP contribution in [0.5, 0.6) is 0 Å². The molecule has 0 bridgehead atoms. The Hall–Kier alpha value is -1.23. The molecule has 0 spiro atoms. The summed E-state index contributed by atoms with van der Waals surface area (Å²) < 4.78 is 27.4. The number of thiocarbonyl (C=S) groups is 1. The lowest BCUT2D eigenvalue weighted by atomic mass is 10.1. The third-order valence-corrected chi connectivity index (χ3v) is 3.27. The van der Waals surface area contributed by atoms with Crippen LogP contribution in [0.1, 0.15) is 31.2 Å². The van der Waals surface area contributed by atoms with Gasteiger partial charge in [0.15, 0.2) is 0 Å². The van der Waals surface area contributed by atoms with Gasteiger partial charge in [-0.05, 0) is 25.0 Å². The zero-order chi connectivity index (χ0) is 12.4. The molecule has 92 valence electrons. The van der Waals surface area contributed by atoms with Crippen LogP contribution in [0.25, 0.3) is 0 Å². The molecule has 1 aliphatic carbocycles. The molecule has 0 aliphatic heterocycles. The highest BCUT2D eigenvalue weighted by molar-refractivity contribution is 7.80. The molecular weight excluding hydrogens is 242 g/mol. The van der Waals surface area contributed by atoms with E-state index in [1.54, 1.807) is 0 Å². The summed E-state index contributed by atoms with van der Waals surface area (Å²) in [4.78, 5) is -0.00443. The average Bonchev–Trinajstić information content (AvgIpc) is 2.75. The lowest BCUT2D eigenvalue weighted by Crippen LogP contribution is -2.18. The van der Waals surface area contributed by atoms with Crippen LogP contribution in [0.2, 0.25) is 0 Å². The van der Waals surface area contributed by atoms with Gasteiger partial charge in [0, 0.05) is 11.6 Å². The van der Waals surface area contributed by atoms with Crippen molar-refractivity contribution < 1.29 is 8.78 Å². The molecule has 1 fully saturated rings. The molecule has 0 atom stereocenters. The van der Waals surface area contributed by atoms with E-state index in [0.717, 1.165) is 25.7 Å². The van der Waals surface area contributed by atoms with Crippen molar-refractivity contribution in [1.29, 1.82) is 0 Å². The van der Waals surface area contributed by atoms with E-state index >= 15 is 0 Å². The number of rotatable bonds is 3. The Bertz CT molecular complexity index is 419. The van der Waals surface area contributed by atoms with Crippen LogP contribution in [-0.2, 0) is 0 Å². The first-order chi connectivity index (χ1) is 8.08. The molecule has 0 radical (unpaired) electrons. The lowest BCUT2D eigenvalue weighted by Gasteiger charge is -2.15. The minimum atomic E-state index is -0.639. The maximum Gasteiger partial charge on any atom is 0.150 e. The summed E-state index contributed by atoms with van der Waals surface area (Å²) in [7, 11) is 0. The summed E-state index contributed by atoms with van der Waals surface area (Å²) in [5.74, 6) is -1.28. The number of hydrogen-bond donors (Lipinski definition) is 2. The fraction of sp³-hybridized carbons (Fsp3) is 0.417. The van der Waals surface area contributed by atoms with Crippen molar-refractivity contribution in [3.8, 4) is 0 Å². The number of nitrogens with two attached hydrogens (primary N) is 1. The second-order valence-corrected chi connectivity index (χ2v) is 4.74. The van der Waals surface area contributed by atoms with Crippen molar-refractivity contribution in [2.75, 3.05) is 5.32 Å². The van der Waals surface area contributed by atoms with Crippen molar-refractivity contribution in [2.24, 2.45) is 5.73 Å². The Morgan fingerprint density at radius 1 is 1.24 bits per heavy atom. The molecule has 0 amide bonds. The van der Waals surface area contributed by atoms with Crippen LogP contribution in [0, 0.1) is 11.6 Å². The molecule has 0 aromatic heterocycles. The van der Waals surface area contributed by atoms with E-state index in [4.69, 9.17) is 18.0 Å². The number of nitrogens with one attached hydrogen (secondary N) is 1. The van der Waals surface area contributed by atoms with E-state index in [1.165, 1.54) is 12.1 Å². The zero-order valence-corrected chi connectivity index (χ0v) is 10.1. The minimum Gasteiger partial charge on any atom is -0.389 e. The Morgan fingerprint density at radius 2 is 1.76 bits per heavy atom. The lowest BCUT2D eigenvalue weighted by molar-refractivity contribution is 0.580. The van der Waals surface area contributed by atoms with Gasteiger partial charge in [-0.1, -0.05) is 25.1 Å². The van der Waals surface area contributed by atoms with Crippen molar-refractivity contribution >= 4 is 22.9 Å². The summed E-state index contributed by atoms with van der Waals surface area (Å²) in [5, 5.41) is 2.91. The smallest absolute Gasteiger partial charge is 0.150 e. The van der Waals surface area contributed by atoms with Crippen molar-refractivity contribution in [1.82, 2.24) is 0 Å². The first-order valence-corrected chi connectivity index (χ1v) is 6.04. The topological polar surface area (TPSA) is 38.0 Å². The van der Waals surface area contributed by atoms with Gasteiger partial charge in [0.05, 0.1) is 0 Å². The van der Waals surface area contributed by atoms with E-state index in [1.807, 2.05) is 0 Å². The fourth-order valence-electron chi connectivity index (χ4n) is 2.13. The molecule has 17 heavy (non-hydrogen) atoms. The van der Waals surface area contributed by atoms with Crippen LogP contribution in [-0.4, -0.2) is 11.0 Å². The normalized spacial score (nSPS) is 16.1. The second-order valence-electron chi connectivity index (χ2n) is 4.30. The number of hydrogen-bond acceptors (Lipinski definition) is 2. The largest absolute Gasteiger partial charge is 0.389 e. The Labute approximate surface area is 104 Å². The minimum absolute atomic E-state index is 0.00443. The molecule has 0 heterocycles. The molecule has 0 unspecified atom stereocenters. The molecule has 2 nitrogen and oxygen atoms in total. The second kappa shape index (κ2) is 4.96. The van der Waals surface area contributed by atoms with Crippen LogP contribution in [0.4, 0.5) is 14.5 Å². The number of anilines is 1. The summed E-state index contributed by atoms with van der Waals surface area (Å²) in [6.45, 7) is 0.